The second-order valence-electron chi connectivity index (χ2n) is 11.8. The first-order valence-electron chi connectivity index (χ1n) is 9.82. The predicted octanol–water partition coefficient (Wildman–Crippen LogP) is 2.76. The van der Waals surface area contributed by atoms with E-state index in [9.17, 15) is 0 Å². The zero-order valence-corrected chi connectivity index (χ0v) is 13.6. The third-order valence-corrected chi connectivity index (χ3v) is 14.2. The van der Waals surface area contributed by atoms with Crippen LogP contribution in [0, 0.1) is 85.8 Å². The van der Waals surface area contributed by atoms with Crippen molar-refractivity contribution < 1.29 is 5.21 Å². The molecule has 0 aromatic rings. The summed E-state index contributed by atoms with van der Waals surface area (Å²) in [5.41, 5.74) is 5.54. The number of rotatable bonds is 0. The Balaban J connectivity index is 0.000000436. The third-order valence-electron chi connectivity index (χ3n) is 14.2. The molecule has 10 aliphatic rings. The molecule has 3 spiro atoms. The highest BCUT2D eigenvalue weighted by Gasteiger charge is 3.25. The second-order valence-corrected chi connectivity index (χ2v) is 11.8. The van der Waals surface area contributed by atoms with Gasteiger partial charge in [-0.05, 0) is 98.6 Å². The fraction of sp³-hybridized carbons (Fsp3) is 1.00. The summed E-state index contributed by atoms with van der Waals surface area (Å²) in [4.78, 5) is 0. The van der Waals surface area contributed by atoms with E-state index in [4.69, 9.17) is 5.21 Å². The van der Waals surface area contributed by atoms with Crippen molar-refractivity contribution in [3.8, 4) is 0 Å². The van der Waals surface area contributed by atoms with Gasteiger partial charge in [-0.3, -0.25) is 0 Å². The minimum atomic E-state index is 0.855. The van der Waals surface area contributed by atoms with Crippen molar-refractivity contribution in [2.24, 2.45) is 91.6 Å². The van der Waals surface area contributed by atoms with Crippen molar-refractivity contribution in [2.75, 3.05) is 0 Å². The molecule has 10 saturated carbocycles. The SMILES string of the molecule is CC12C3C4[C@@H]5CC6C7C8C9C[C@@H]3C91C81C2C4(C)C71C65C.NO. The molecule has 0 amide bonds. The Bertz CT molecular complexity index is 795. The molecule has 10 aliphatic carbocycles. The zero-order valence-electron chi connectivity index (χ0n) is 13.6. The summed E-state index contributed by atoms with van der Waals surface area (Å²) in [5.74, 6) is 14.6. The quantitative estimate of drug-likeness (QED) is 0.675. The van der Waals surface area contributed by atoms with Crippen LogP contribution < -0.4 is 5.90 Å². The Kier molecular flexibility index (Phi) is 0.959. The van der Waals surface area contributed by atoms with Crippen LogP contribution in [0.2, 0.25) is 0 Å². The molecule has 10 fully saturated rings. The first-order chi connectivity index (χ1) is 10.6. The van der Waals surface area contributed by atoms with Gasteiger partial charge in [0.15, 0.2) is 0 Å². The van der Waals surface area contributed by atoms with E-state index in [0.717, 1.165) is 32.5 Å². The highest BCUT2D eigenvalue weighted by atomic mass is 16.4. The summed E-state index contributed by atoms with van der Waals surface area (Å²) < 4.78 is 0. The summed E-state index contributed by atoms with van der Waals surface area (Å²) in [6.45, 7) is 8.46. The first kappa shape index (κ1) is 10.7. The lowest BCUT2D eigenvalue weighted by Crippen LogP contribution is -3.16. The van der Waals surface area contributed by atoms with Gasteiger partial charge in [0.1, 0.15) is 0 Å². The molecule has 0 bridgehead atoms. The second kappa shape index (κ2) is 1.97. The van der Waals surface area contributed by atoms with Gasteiger partial charge >= 0.3 is 0 Å². The summed E-state index contributed by atoms with van der Waals surface area (Å²) in [7, 11) is 0. The van der Waals surface area contributed by atoms with E-state index < -0.39 is 0 Å². The summed E-state index contributed by atoms with van der Waals surface area (Å²) in [6.07, 6.45) is 3.39. The number of nitrogens with two attached hydrogens (primary N) is 1. The molecule has 10 rings (SSSR count). The van der Waals surface area contributed by atoms with Gasteiger partial charge in [-0.15, -0.1) is 0 Å². The Morgan fingerprint density at radius 3 is 2.05 bits per heavy atom. The Hall–Kier alpha value is -0.0800. The fourth-order valence-corrected chi connectivity index (χ4v) is 16.1. The van der Waals surface area contributed by atoms with Crippen molar-refractivity contribution in [1.82, 2.24) is 0 Å². The van der Waals surface area contributed by atoms with E-state index in [1.165, 1.54) is 53.3 Å². The van der Waals surface area contributed by atoms with E-state index in [1.807, 2.05) is 0 Å². The highest BCUT2D eigenvalue weighted by molar-refractivity contribution is 5.71. The first-order valence-corrected chi connectivity index (χ1v) is 9.82. The minimum absolute atomic E-state index is 0.855. The van der Waals surface area contributed by atoms with Crippen LogP contribution in [0.4, 0.5) is 0 Å². The monoisotopic (exact) mass is 295 g/mol. The molecule has 0 radical (unpaired) electrons. The lowest BCUT2D eigenvalue weighted by Gasteiger charge is -3.19. The molecular weight excluding hydrogens is 270 g/mol. The molecule has 13 unspecified atom stereocenters. The maximum Gasteiger partial charge on any atom is -0.00762 e. The average molecular weight is 295 g/mol. The molecule has 116 valence electrons. The standard InChI is InChI=1S/C20H22.H3NO/c1-15-6-4-7(15)13-12-9-5-8-11-10(6)17(3)14-16(11,2)18(8,9)19(12,14)20(13,15)17;1-2/h6-14H,4-5H2,1-3H3;2H,1H2/t6-,7?,8-,9?,10?,11?,12?,13?,14?,15?,16?,17?,18?,19?,20?;/m0./s1. The van der Waals surface area contributed by atoms with Gasteiger partial charge in [0.25, 0.3) is 0 Å². The van der Waals surface area contributed by atoms with Crippen LogP contribution in [0.5, 0.6) is 0 Å². The Morgan fingerprint density at radius 2 is 1.27 bits per heavy atom. The smallest absolute Gasteiger partial charge is 0.00762 e. The molecule has 22 heavy (non-hydrogen) atoms. The zero-order chi connectivity index (χ0) is 14.6. The Labute approximate surface area is 131 Å². The molecule has 0 heterocycles. The molecule has 0 aromatic carbocycles. The maximum atomic E-state index is 6.50. The van der Waals surface area contributed by atoms with Gasteiger partial charge in [0.05, 0.1) is 0 Å². The molecule has 0 saturated heterocycles. The van der Waals surface area contributed by atoms with Gasteiger partial charge in [-0.2, -0.15) is 0 Å². The topological polar surface area (TPSA) is 46.2 Å². The van der Waals surface area contributed by atoms with Crippen molar-refractivity contribution in [2.45, 2.75) is 33.6 Å². The van der Waals surface area contributed by atoms with Crippen molar-refractivity contribution >= 4 is 0 Å². The minimum Gasteiger partial charge on any atom is -0.320 e. The average Bonchev–Trinajstić information content (AvgIpc) is 2.63. The van der Waals surface area contributed by atoms with Crippen LogP contribution in [-0.4, -0.2) is 5.21 Å². The lowest BCUT2D eigenvalue weighted by atomic mass is 8.84. The molecule has 0 aliphatic heterocycles. The van der Waals surface area contributed by atoms with Gasteiger partial charge < -0.3 is 5.21 Å². The summed E-state index contributed by atoms with van der Waals surface area (Å²) in [6, 6.07) is 0. The van der Waals surface area contributed by atoms with E-state index in [1.54, 1.807) is 12.8 Å². The van der Waals surface area contributed by atoms with Crippen molar-refractivity contribution in [1.29, 1.82) is 0 Å². The predicted molar refractivity (Wildman–Crippen MR) is 78.2 cm³/mol. The number of fused-ring (bicyclic) bond motifs is 6. The normalized spacial score (nSPS) is 99.4. The molecule has 3 N–H and O–H groups in total. The molecule has 2 heteroatoms. The third kappa shape index (κ3) is 0.349. The molecule has 15 atom stereocenters. The summed E-state index contributed by atoms with van der Waals surface area (Å²) >= 11 is 0. The lowest BCUT2D eigenvalue weighted by molar-refractivity contribution is -0.731. The Morgan fingerprint density at radius 1 is 0.682 bits per heavy atom. The largest absolute Gasteiger partial charge is 0.320 e. The van der Waals surface area contributed by atoms with Crippen LogP contribution in [0.1, 0.15) is 33.6 Å². The number of hydrogen-bond donors (Lipinski definition) is 2. The van der Waals surface area contributed by atoms with Gasteiger partial charge in [-0.25, -0.2) is 5.90 Å². The van der Waals surface area contributed by atoms with Crippen LogP contribution >= 0.6 is 0 Å². The van der Waals surface area contributed by atoms with Crippen molar-refractivity contribution in [3.05, 3.63) is 0 Å². The van der Waals surface area contributed by atoms with Gasteiger partial charge in [0.2, 0.25) is 0 Å². The highest BCUT2D eigenvalue weighted by Crippen LogP contribution is 3.28. The maximum absolute atomic E-state index is 6.50. The fourth-order valence-electron chi connectivity index (χ4n) is 16.1. The summed E-state index contributed by atoms with van der Waals surface area (Å²) in [5, 5.41) is 6.50. The van der Waals surface area contributed by atoms with Crippen molar-refractivity contribution in [3.63, 3.8) is 0 Å². The van der Waals surface area contributed by atoms with Gasteiger partial charge in [-0.1, -0.05) is 20.8 Å². The van der Waals surface area contributed by atoms with Crippen LogP contribution in [0.25, 0.3) is 0 Å². The molecular formula is C20H25NO. The van der Waals surface area contributed by atoms with Crippen LogP contribution in [0.15, 0.2) is 0 Å². The van der Waals surface area contributed by atoms with Crippen LogP contribution in [0.3, 0.4) is 0 Å². The van der Waals surface area contributed by atoms with Gasteiger partial charge in [0, 0.05) is 0 Å². The molecule has 0 aromatic heterocycles. The van der Waals surface area contributed by atoms with E-state index in [-0.39, 0.29) is 0 Å². The molecule has 2 nitrogen and oxygen atoms in total. The van der Waals surface area contributed by atoms with E-state index in [0.29, 0.717) is 0 Å². The number of hydrogen-bond acceptors (Lipinski definition) is 2. The van der Waals surface area contributed by atoms with E-state index >= 15 is 0 Å². The van der Waals surface area contributed by atoms with E-state index in [2.05, 4.69) is 26.7 Å². The van der Waals surface area contributed by atoms with Crippen LogP contribution in [-0.2, 0) is 0 Å².